The van der Waals surface area contributed by atoms with Crippen LogP contribution in [-0.4, -0.2) is 5.91 Å². The number of hydrogen-bond acceptors (Lipinski definition) is 1. The summed E-state index contributed by atoms with van der Waals surface area (Å²) in [5.74, 6) is -3.08. The molecule has 0 radical (unpaired) electrons. The van der Waals surface area contributed by atoms with Crippen molar-refractivity contribution in [1.82, 2.24) is 5.32 Å². The van der Waals surface area contributed by atoms with Crippen molar-refractivity contribution in [2.75, 3.05) is 0 Å². The van der Waals surface area contributed by atoms with Gasteiger partial charge in [0.15, 0.2) is 0 Å². The van der Waals surface area contributed by atoms with E-state index in [1.165, 1.54) is 0 Å². The fourth-order valence-corrected chi connectivity index (χ4v) is 2.12. The van der Waals surface area contributed by atoms with E-state index in [9.17, 15) is 18.0 Å². The maximum Gasteiger partial charge on any atom is 0.220 e. The van der Waals surface area contributed by atoms with Crippen LogP contribution in [0.25, 0.3) is 0 Å². The van der Waals surface area contributed by atoms with Crippen LogP contribution in [0.2, 0.25) is 0 Å². The molecule has 0 atom stereocenters. The zero-order valence-corrected chi connectivity index (χ0v) is 10.0. The number of rotatable bonds is 4. The van der Waals surface area contributed by atoms with Crippen molar-refractivity contribution in [2.24, 2.45) is 0 Å². The maximum atomic E-state index is 13.7. The van der Waals surface area contributed by atoms with Crippen molar-refractivity contribution in [3.8, 4) is 0 Å². The smallest absolute Gasteiger partial charge is 0.220 e. The lowest BCUT2D eigenvalue weighted by atomic mass is 10.0. The Morgan fingerprint density at radius 1 is 1.28 bits per heavy atom. The van der Waals surface area contributed by atoms with E-state index in [1.54, 1.807) is 0 Å². The van der Waals surface area contributed by atoms with Gasteiger partial charge in [0.25, 0.3) is 0 Å². The van der Waals surface area contributed by atoms with Crippen molar-refractivity contribution in [2.45, 2.75) is 38.1 Å². The lowest BCUT2D eigenvalue weighted by Crippen LogP contribution is -2.36. The average Bonchev–Trinajstić information content (AvgIpc) is 2.96. The van der Waals surface area contributed by atoms with E-state index >= 15 is 0 Å². The molecule has 1 fully saturated rings. The SMILES string of the molecule is CCCC(=O)NC1(c2c(F)cc(F)cc2F)CC1. The van der Waals surface area contributed by atoms with Gasteiger partial charge >= 0.3 is 0 Å². The van der Waals surface area contributed by atoms with Crippen LogP contribution in [0.1, 0.15) is 38.2 Å². The molecule has 5 heteroatoms. The van der Waals surface area contributed by atoms with Gasteiger partial charge in [0.05, 0.1) is 5.54 Å². The first kappa shape index (κ1) is 12.9. The summed E-state index contributed by atoms with van der Waals surface area (Å²) < 4.78 is 40.1. The molecule has 0 bridgehead atoms. The largest absolute Gasteiger partial charge is 0.346 e. The highest BCUT2D eigenvalue weighted by Gasteiger charge is 2.49. The summed E-state index contributed by atoms with van der Waals surface area (Å²) >= 11 is 0. The van der Waals surface area contributed by atoms with Gasteiger partial charge in [-0.1, -0.05) is 6.92 Å². The number of nitrogens with one attached hydrogen (secondary N) is 1. The first-order valence-corrected chi connectivity index (χ1v) is 5.94. The minimum absolute atomic E-state index is 0.228. The molecule has 1 aromatic rings. The molecule has 0 heterocycles. The molecule has 0 saturated heterocycles. The Hall–Kier alpha value is -1.52. The van der Waals surface area contributed by atoms with Gasteiger partial charge in [-0.25, -0.2) is 13.2 Å². The Kier molecular flexibility index (Phi) is 3.32. The quantitative estimate of drug-likeness (QED) is 0.882. The number of benzene rings is 1. The summed E-state index contributed by atoms with van der Waals surface area (Å²) in [6.07, 6.45) is 1.92. The fraction of sp³-hybridized carbons (Fsp3) is 0.462. The number of carbonyl (C=O) groups is 1. The van der Waals surface area contributed by atoms with Crippen LogP contribution in [0.15, 0.2) is 12.1 Å². The monoisotopic (exact) mass is 257 g/mol. The average molecular weight is 257 g/mol. The Balaban J connectivity index is 2.28. The van der Waals surface area contributed by atoms with E-state index in [0.717, 1.165) is 0 Å². The van der Waals surface area contributed by atoms with Crippen LogP contribution in [-0.2, 0) is 10.3 Å². The Labute approximate surface area is 103 Å². The summed E-state index contributed by atoms with van der Waals surface area (Å²) in [6.45, 7) is 1.85. The molecule has 1 aliphatic carbocycles. The fourth-order valence-electron chi connectivity index (χ4n) is 2.12. The van der Waals surface area contributed by atoms with Gasteiger partial charge in [0, 0.05) is 24.1 Å². The van der Waals surface area contributed by atoms with Gasteiger partial charge in [-0.05, 0) is 19.3 Å². The van der Waals surface area contributed by atoms with Crippen LogP contribution in [0.4, 0.5) is 13.2 Å². The van der Waals surface area contributed by atoms with Crippen molar-refractivity contribution in [1.29, 1.82) is 0 Å². The zero-order chi connectivity index (χ0) is 13.3. The molecule has 1 saturated carbocycles. The van der Waals surface area contributed by atoms with Gasteiger partial charge in [-0.15, -0.1) is 0 Å². The summed E-state index contributed by atoms with van der Waals surface area (Å²) in [5.41, 5.74) is -1.21. The second-order valence-electron chi connectivity index (χ2n) is 4.62. The van der Waals surface area contributed by atoms with Crippen LogP contribution in [0.5, 0.6) is 0 Å². The lowest BCUT2D eigenvalue weighted by Gasteiger charge is -2.19. The number of halogens is 3. The molecule has 0 unspecified atom stereocenters. The van der Waals surface area contributed by atoms with E-state index < -0.39 is 23.0 Å². The van der Waals surface area contributed by atoms with Gasteiger partial charge < -0.3 is 5.32 Å². The minimum Gasteiger partial charge on any atom is -0.346 e. The Morgan fingerprint density at radius 2 is 1.83 bits per heavy atom. The highest BCUT2D eigenvalue weighted by molar-refractivity contribution is 5.77. The molecular weight excluding hydrogens is 243 g/mol. The first-order valence-electron chi connectivity index (χ1n) is 5.94. The second kappa shape index (κ2) is 4.63. The molecule has 1 aromatic carbocycles. The first-order chi connectivity index (χ1) is 8.48. The van der Waals surface area contributed by atoms with Crippen molar-refractivity contribution < 1.29 is 18.0 Å². The highest BCUT2D eigenvalue weighted by Crippen LogP contribution is 2.47. The third-order valence-corrected chi connectivity index (χ3v) is 3.09. The Morgan fingerprint density at radius 3 is 2.28 bits per heavy atom. The van der Waals surface area contributed by atoms with E-state index in [-0.39, 0.29) is 11.5 Å². The third-order valence-electron chi connectivity index (χ3n) is 3.09. The molecule has 0 aromatic heterocycles. The number of carbonyl (C=O) groups excluding carboxylic acids is 1. The molecule has 2 rings (SSSR count). The minimum atomic E-state index is -0.978. The van der Waals surface area contributed by atoms with E-state index in [0.29, 0.717) is 37.8 Å². The summed E-state index contributed by atoms with van der Waals surface area (Å²) in [6, 6.07) is 1.29. The molecule has 1 N–H and O–H groups in total. The molecule has 0 spiro atoms. The molecule has 18 heavy (non-hydrogen) atoms. The second-order valence-corrected chi connectivity index (χ2v) is 4.62. The predicted octanol–water partition coefficient (Wildman–Crippen LogP) is 3.01. The van der Waals surface area contributed by atoms with E-state index in [4.69, 9.17) is 0 Å². The van der Waals surface area contributed by atoms with Crippen LogP contribution >= 0.6 is 0 Å². The van der Waals surface area contributed by atoms with Crippen molar-refractivity contribution >= 4 is 5.91 Å². The maximum absolute atomic E-state index is 13.7. The van der Waals surface area contributed by atoms with Crippen LogP contribution in [0, 0.1) is 17.5 Å². The molecule has 2 nitrogen and oxygen atoms in total. The van der Waals surface area contributed by atoms with Gasteiger partial charge in [-0.2, -0.15) is 0 Å². The zero-order valence-electron chi connectivity index (χ0n) is 10.0. The normalized spacial score (nSPS) is 16.4. The molecule has 1 aliphatic rings. The summed E-state index contributed by atoms with van der Waals surface area (Å²) in [4.78, 5) is 11.5. The molecule has 0 aliphatic heterocycles. The van der Waals surface area contributed by atoms with Crippen LogP contribution in [0.3, 0.4) is 0 Å². The number of amides is 1. The van der Waals surface area contributed by atoms with Crippen molar-refractivity contribution in [3.05, 3.63) is 35.1 Å². The standard InChI is InChI=1S/C13H14F3NO/c1-2-3-11(18)17-13(4-5-13)12-9(15)6-8(14)7-10(12)16/h6-7H,2-5H2,1H3,(H,17,18). The van der Waals surface area contributed by atoms with Crippen LogP contribution < -0.4 is 5.32 Å². The lowest BCUT2D eigenvalue weighted by molar-refractivity contribution is -0.122. The van der Waals surface area contributed by atoms with Gasteiger partial charge in [-0.3, -0.25) is 4.79 Å². The van der Waals surface area contributed by atoms with E-state index in [1.807, 2.05) is 6.92 Å². The summed E-state index contributed by atoms with van der Waals surface area (Å²) in [7, 11) is 0. The molecule has 98 valence electrons. The summed E-state index contributed by atoms with van der Waals surface area (Å²) in [5, 5.41) is 2.64. The van der Waals surface area contributed by atoms with Gasteiger partial charge in [0.1, 0.15) is 17.5 Å². The number of hydrogen-bond donors (Lipinski definition) is 1. The Bertz CT molecular complexity index is 460. The predicted molar refractivity (Wildman–Crippen MR) is 60.3 cm³/mol. The van der Waals surface area contributed by atoms with Gasteiger partial charge in [0.2, 0.25) is 5.91 Å². The third kappa shape index (κ3) is 2.35. The van der Waals surface area contributed by atoms with E-state index in [2.05, 4.69) is 5.32 Å². The topological polar surface area (TPSA) is 29.1 Å². The highest BCUT2D eigenvalue weighted by atomic mass is 19.1. The van der Waals surface area contributed by atoms with Crippen molar-refractivity contribution in [3.63, 3.8) is 0 Å². The molecule has 1 amide bonds. The molecular formula is C13H14F3NO.